The Kier molecular flexibility index (Phi) is 8.12. The first-order chi connectivity index (χ1) is 10.1. The number of likely N-dealkylation sites (N-methyl/N-ethyl adjacent to an activating group) is 1. The van der Waals surface area contributed by atoms with Gasteiger partial charge in [-0.2, -0.15) is 0 Å². The Bertz CT molecular complexity index is 509. The molecule has 0 amide bonds. The molecular formula is C18H23BrClNO. The number of aryl methyl sites for hydroxylation is 1. The second-order valence-corrected chi connectivity index (χ2v) is 6.43. The molecule has 4 heteroatoms. The summed E-state index contributed by atoms with van der Waals surface area (Å²) in [5.41, 5.74) is 3.64. The van der Waals surface area contributed by atoms with Gasteiger partial charge in [0.15, 0.2) is 0 Å². The quantitative estimate of drug-likeness (QED) is 0.706. The third kappa shape index (κ3) is 5.73. The van der Waals surface area contributed by atoms with Gasteiger partial charge in [0.1, 0.15) is 6.10 Å². The molecular weight excluding hydrogens is 362 g/mol. The van der Waals surface area contributed by atoms with Crippen molar-refractivity contribution in [3.8, 4) is 0 Å². The van der Waals surface area contributed by atoms with E-state index >= 15 is 0 Å². The number of benzene rings is 2. The normalized spacial score (nSPS) is 12.0. The monoisotopic (exact) mass is 383 g/mol. The lowest BCUT2D eigenvalue weighted by molar-refractivity contribution is 0.0687. The Hall–Kier alpha value is -0.870. The maximum absolute atomic E-state index is 6.15. The van der Waals surface area contributed by atoms with Crippen LogP contribution in [-0.2, 0) is 4.74 Å². The van der Waals surface area contributed by atoms with Gasteiger partial charge in [-0.3, -0.25) is 0 Å². The largest absolute Gasteiger partial charge is 0.367 e. The zero-order chi connectivity index (χ0) is 15.2. The highest BCUT2D eigenvalue weighted by Crippen LogP contribution is 2.27. The molecule has 0 N–H and O–H groups in total. The van der Waals surface area contributed by atoms with Crippen molar-refractivity contribution >= 4 is 28.3 Å². The summed E-state index contributed by atoms with van der Waals surface area (Å²) in [6, 6.07) is 16.9. The molecule has 2 nitrogen and oxygen atoms in total. The van der Waals surface area contributed by atoms with E-state index in [1.54, 1.807) is 0 Å². The van der Waals surface area contributed by atoms with Crippen molar-refractivity contribution in [3.05, 3.63) is 69.7 Å². The zero-order valence-corrected chi connectivity index (χ0v) is 15.7. The van der Waals surface area contributed by atoms with Gasteiger partial charge in [0, 0.05) is 11.0 Å². The van der Waals surface area contributed by atoms with Crippen molar-refractivity contribution in [3.63, 3.8) is 0 Å². The van der Waals surface area contributed by atoms with Crippen LogP contribution >= 0.6 is 28.3 Å². The van der Waals surface area contributed by atoms with E-state index in [4.69, 9.17) is 4.74 Å². The minimum Gasteiger partial charge on any atom is -0.367 e. The van der Waals surface area contributed by atoms with Crippen molar-refractivity contribution in [2.75, 3.05) is 27.2 Å². The number of ether oxygens (including phenoxy) is 1. The molecule has 2 aromatic carbocycles. The highest BCUT2D eigenvalue weighted by Gasteiger charge is 2.14. The van der Waals surface area contributed by atoms with Crippen LogP contribution in [0.1, 0.15) is 22.8 Å². The van der Waals surface area contributed by atoms with Gasteiger partial charge >= 0.3 is 0 Å². The molecule has 0 heterocycles. The van der Waals surface area contributed by atoms with E-state index in [1.807, 2.05) is 0 Å². The van der Waals surface area contributed by atoms with E-state index in [-0.39, 0.29) is 18.5 Å². The van der Waals surface area contributed by atoms with Crippen molar-refractivity contribution in [2.24, 2.45) is 0 Å². The molecule has 1 atom stereocenters. The van der Waals surface area contributed by atoms with Gasteiger partial charge in [0.05, 0.1) is 6.61 Å². The van der Waals surface area contributed by atoms with Gasteiger partial charge in [-0.05, 0) is 44.3 Å². The van der Waals surface area contributed by atoms with Gasteiger partial charge in [-0.1, -0.05) is 57.9 Å². The number of halogens is 2. The highest BCUT2D eigenvalue weighted by atomic mass is 79.9. The number of hydrogen-bond acceptors (Lipinski definition) is 2. The molecule has 0 aliphatic carbocycles. The van der Waals surface area contributed by atoms with Crippen LogP contribution in [0.3, 0.4) is 0 Å². The number of nitrogens with zero attached hydrogens (tertiary/aromatic N) is 1. The van der Waals surface area contributed by atoms with Crippen LogP contribution in [0.2, 0.25) is 0 Å². The average Bonchev–Trinajstić information content (AvgIpc) is 2.46. The summed E-state index contributed by atoms with van der Waals surface area (Å²) in [6.45, 7) is 3.73. The first-order valence-corrected chi connectivity index (χ1v) is 7.94. The summed E-state index contributed by atoms with van der Waals surface area (Å²) in [5.74, 6) is 0. The standard InChI is InChI=1S/C18H22BrNO.ClH/c1-14-4-6-15(7-5-14)18(21-13-12-20(2)3)16-8-10-17(19)11-9-16;/h4-11,18H,12-13H2,1-3H3;1H. The maximum Gasteiger partial charge on any atom is 0.108 e. The van der Waals surface area contributed by atoms with Gasteiger partial charge < -0.3 is 9.64 Å². The lowest BCUT2D eigenvalue weighted by atomic mass is 10.0. The Balaban J connectivity index is 0.00000242. The Morgan fingerprint density at radius 2 is 1.45 bits per heavy atom. The van der Waals surface area contributed by atoms with Gasteiger partial charge in [0.25, 0.3) is 0 Å². The fourth-order valence-corrected chi connectivity index (χ4v) is 2.38. The van der Waals surface area contributed by atoms with Crippen LogP contribution in [0, 0.1) is 6.92 Å². The zero-order valence-electron chi connectivity index (χ0n) is 13.3. The summed E-state index contributed by atoms with van der Waals surface area (Å²) >= 11 is 3.48. The van der Waals surface area contributed by atoms with Crippen LogP contribution < -0.4 is 0 Å². The summed E-state index contributed by atoms with van der Waals surface area (Å²) in [6.07, 6.45) is -0.0151. The van der Waals surface area contributed by atoms with E-state index in [9.17, 15) is 0 Å². The molecule has 0 aromatic heterocycles. The predicted molar refractivity (Wildman–Crippen MR) is 98.9 cm³/mol. The lowest BCUT2D eigenvalue weighted by Crippen LogP contribution is -2.20. The van der Waals surface area contributed by atoms with E-state index in [1.165, 1.54) is 16.7 Å². The Labute approximate surface area is 148 Å². The maximum atomic E-state index is 6.15. The first-order valence-electron chi connectivity index (χ1n) is 7.14. The molecule has 0 fully saturated rings. The van der Waals surface area contributed by atoms with Crippen LogP contribution in [0.25, 0.3) is 0 Å². The summed E-state index contributed by atoms with van der Waals surface area (Å²) in [4.78, 5) is 2.13. The smallest absolute Gasteiger partial charge is 0.108 e. The molecule has 22 heavy (non-hydrogen) atoms. The Morgan fingerprint density at radius 1 is 0.955 bits per heavy atom. The molecule has 2 aromatic rings. The third-order valence-corrected chi connectivity index (χ3v) is 3.90. The molecule has 0 aliphatic heterocycles. The van der Waals surface area contributed by atoms with Crippen molar-refractivity contribution in [1.29, 1.82) is 0 Å². The predicted octanol–water partition coefficient (Wildman–Crippen LogP) is 4.85. The molecule has 0 radical (unpaired) electrons. The molecule has 2 rings (SSSR count). The number of hydrogen-bond donors (Lipinski definition) is 0. The fraction of sp³-hybridized carbons (Fsp3) is 0.333. The summed E-state index contributed by atoms with van der Waals surface area (Å²) < 4.78 is 7.23. The first kappa shape index (κ1) is 19.2. The SMILES string of the molecule is Cc1ccc(C(OCCN(C)C)c2ccc(Br)cc2)cc1.Cl. The third-order valence-electron chi connectivity index (χ3n) is 3.38. The van der Waals surface area contributed by atoms with Crippen molar-refractivity contribution in [1.82, 2.24) is 4.90 Å². The van der Waals surface area contributed by atoms with E-state index < -0.39 is 0 Å². The highest BCUT2D eigenvalue weighted by molar-refractivity contribution is 9.10. The summed E-state index contributed by atoms with van der Waals surface area (Å²) in [5, 5.41) is 0. The van der Waals surface area contributed by atoms with E-state index in [0.717, 1.165) is 11.0 Å². The molecule has 120 valence electrons. The molecule has 0 saturated heterocycles. The van der Waals surface area contributed by atoms with E-state index in [0.29, 0.717) is 6.61 Å². The molecule has 0 bridgehead atoms. The Morgan fingerprint density at radius 3 is 1.95 bits per heavy atom. The van der Waals surface area contributed by atoms with Crippen molar-refractivity contribution in [2.45, 2.75) is 13.0 Å². The van der Waals surface area contributed by atoms with Gasteiger partial charge in [-0.15, -0.1) is 12.4 Å². The van der Waals surface area contributed by atoms with Crippen LogP contribution in [0.15, 0.2) is 53.0 Å². The van der Waals surface area contributed by atoms with Gasteiger partial charge in [-0.25, -0.2) is 0 Å². The average molecular weight is 385 g/mol. The second kappa shape index (κ2) is 9.31. The van der Waals surface area contributed by atoms with Crippen LogP contribution in [0.5, 0.6) is 0 Å². The molecule has 0 saturated carbocycles. The molecule has 1 unspecified atom stereocenters. The molecule has 0 spiro atoms. The minimum absolute atomic E-state index is 0. The van der Waals surface area contributed by atoms with Crippen LogP contribution in [0.4, 0.5) is 0 Å². The molecule has 0 aliphatic rings. The minimum atomic E-state index is -0.0151. The fourth-order valence-electron chi connectivity index (χ4n) is 2.12. The second-order valence-electron chi connectivity index (χ2n) is 5.52. The van der Waals surface area contributed by atoms with E-state index in [2.05, 4.69) is 90.4 Å². The van der Waals surface area contributed by atoms with Gasteiger partial charge in [0.2, 0.25) is 0 Å². The van der Waals surface area contributed by atoms with Crippen molar-refractivity contribution < 1.29 is 4.74 Å². The summed E-state index contributed by atoms with van der Waals surface area (Å²) in [7, 11) is 4.12. The lowest BCUT2D eigenvalue weighted by Gasteiger charge is -2.20. The topological polar surface area (TPSA) is 12.5 Å². The van der Waals surface area contributed by atoms with Crippen LogP contribution in [-0.4, -0.2) is 32.1 Å². The number of rotatable bonds is 6.